The van der Waals surface area contributed by atoms with E-state index >= 15 is 0 Å². The molecule has 2 rings (SSSR count). The molecule has 0 aromatic heterocycles. The molecule has 0 amide bonds. The molecule has 0 aliphatic heterocycles. The van der Waals surface area contributed by atoms with E-state index in [1.807, 2.05) is 0 Å². The highest BCUT2D eigenvalue weighted by atomic mass is 19.1. The Morgan fingerprint density at radius 2 is 2.06 bits per heavy atom. The zero-order valence-electron chi connectivity index (χ0n) is 8.91. The summed E-state index contributed by atoms with van der Waals surface area (Å²) < 4.78 is 18.6. The SMILES string of the molecule is Nc1ccc(C(=O)OC2CCCC2)c(F)c1. The maximum atomic E-state index is 13.4. The first-order valence-electron chi connectivity index (χ1n) is 5.43. The Bertz CT molecular complexity index is 400. The molecule has 0 bridgehead atoms. The van der Waals surface area contributed by atoms with Crippen LogP contribution in [0.5, 0.6) is 0 Å². The van der Waals surface area contributed by atoms with Crippen molar-refractivity contribution < 1.29 is 13.9 Å². The number of halogens is 1. The Morgan fingerprint density at radius 3 is 2.69 bits per heavy atom. The van der Waals surface area contributed by atoms with Crippen LogP contribution < -0.4 is 5.73 Å². The third-order valence-corrected chi connectivity index (χ3v) is 2.79. The summed E-state index contributed by atoms with van der Waals surface area (Å²) >= 11 is 0. The average molecular weight is 223 g/mol. The maximum absolute atomic E-state index is 13.4. The number of hydrogen-bond acceptors (Lipinski definition) is 3. The van der Waals surface area contributed by atoms with Crippen molar-refractivity contribution >= 4 is 11.7 Å². The number of rotatable bonds is 2. The van der Waals surface area contributed by atoms with Gasteiger partial charge in [0.1, 0.15) is 11.9 Å². The van der Waals surface area contributed by atoms with Crippen LogP contribution in [0, 0.1) is 5.82 Å². The summed E-state index contributed by atoms with van der Waals surface area (Å²) in [5, 5.41) is 0. The Balaban J connectivity index is 2.08. The van der Waals surface area contributed by atoms with Crippen molar-refractivity contribution in [2.45, 2.75) is 31.8 Å². The van der Waals surface area contributed by atoms with Crippen molar-refractivity contribution in [3.05, 3.63) is 29.6 Å². The van der Waals surface area contributed by atoms with E-state index < -0.39 is 11.8 Å². The second kappa shape index (κ2) is 4.51. The molecule has 1 aliphatic carbocycles. The van der Waals surface area contributed by atoms with Crippen LogP contribution in [-0.2, 0) is 4.74 Å². The van der Waals surface area contributed by atoms with Crippen LogP contribution in [0.4, 0.5) is 10.1 Å². The Labute approximate surface area is 93.4 Å². The summed E-state index contributed by atoms with van der Waals surface area (Å²) in [4.78, 5) is 11.6. The first kappa shape index (κ1) is 10.9. The number of carbonyl (C=O) groups is 1. The molecule has 0 atom stereocenters. The molecule has 0 radical (unpaired) electrons. The second-order valence-corrected chi connectivity index (χ2v) is 4.05. The Hall–Kier alpha value is -1.58. The number of carbonyl (C=O) groups excluding carboxylic acids is 1. The van der Waals surface area contributed by atoms with Crippen molar-refractivity contribution in [2.24, 2.45) is 0 Å². The van der Waals surface area contributed by atoms with Crippen LogP contribution in [0.25, 0.3) is 0 Å². The molecule has 1 saturated carbocycles. The number of nitrogens with two attached hydrogens (primary N) is 1. The van der Waals surface area contributed by atoms with E-state index in [2.05, 4.69) is 0 Å². The van der Waals surface area contributed by atoms with Crippen molar-refractivity contribution in [1.29, 1.82) is 0 Å². The second-order valence-electron chi connectivity index (χ2n) is 4.05. The summed E-state index contributed by atoms with van der Waals surface area (Å²) in [5.41, 5.74) is 5.66. The molecule has 4 heteroatoms. The summed E-state index contributed by atoms with van der Waals surface area (Å²) in [7, 11) is 0. The average Bonchev–Trinajstić information content (AvgIpc) is 2.70. The number of hydrogen-bond donors (Lipinski definition) is 1. The van der Waals surface area contributed by atoms with E-state index in [-0.39, 0.29) is 11.7 Å². The lowest BCUT2D eigenvalue weighted by molar-refractivity contribution is 0.0312. The summed E-state index contributed by atoms with van der Waals surface area (Å²) in [5.74, 6) is -1.22. The van der Waals surface area contributed by atoms with Gasteiger partial charge in [-0.05, 0) is 43.9 Å². The van der Waals surface area contributed by atoms with E-state index in [1.54, 1.807) is 0 Å². The molecule has 0 saturated heterocycles. The molecule has 0 heterocycles. The summed E-state index contributed by atoms with van der Waals surface area (Å²) in [6, 6.07) is 3.99. The van der Waals surface area contributed by atoms with Gasteiger partial charge in [0, 0.05) is 5.69 Å². The van der Waals surface area contributed by atoms with Crippen LogP contribution in [0.15, 0.2) is 18.2 Å². The first-order valence-corrected chi connectivity index (χ1v) is 5.43. The highest BCUT2D eigenvalue weighted by molar-refractivity contribution is 5.90. The van der Waals surface area contributed by atoms with Gasteiger partial charge in [-0.15, -0.1) is 0 Å². The van der Waals surface area contributed by atoms with E-state index in [4.69, 9.17) is 10.5 Å². The minimum atomic E-state index is -0.622. The topological polar surface area (TPSA) is 52.3 Å². The normalized spacial score (nSPS) is 16.3. The van der Waals surface area contributed by atoms with Crippen molar-refractivity contribution in [2.75, 3.05) is 5.73 Å². The van der Waals surface area contributed by atoms with Gasteiger partial charge in [-0.2, -0.15) is 0 Å². The fourth-order valence-electron chi connectivity index (χ4n) is 1.92. The third kappa shape index (κ3) is 2.32. The fourth-order valence-corrected chi connectivity index (χ4v) is 1.92. The zero-order valence-corrected chi connectivity index (χ0v) is 8.91. The van der Waals surface area contributed by atoms with Gasteiger partial charge in [0.2, 0.25) is 0 Å². The molecular weight excluding hydrogens is 209 g/mol. The van der Waals surface area contributed by atoms with E-state index in [0.717, 1.165) is 31.7 Å². The molecule has 0 spiro atoms. The lowest BCUT2D eigenvalue weighted by Gasteiger charge is -2.11. The molecule has 1 aromatic rings. The van der Waals surface area contributed by atoms with Gasteiger partial charge in [0.05, 0.1) is 5.56 Å². The lowest BCUT2D eigenvalue weighted by atomic mass is 10.2. The molecule has 86 valence electrons. The van der Waals surface area contributed by atoms with Gasteiger partial charge in [-0.3, -0.25) is 0 Å². The third-order valence-electron chi connectivity index (χ3n) is 2.79. The number of nitrogen functional groups attached to an aromatic ring is 1. The largest absolute Gasteiger partial charge is 0.459 e. The van der Waals surface area contributed by atoms with E-state index in [9.17, 15) is 9.18 Å². The highest BCUT2D eigenvalue weighted by Crippen LogP contribution is 2.23. The minimum absolute atomic E-state index is 0.0406. The zero-order chi connectivity index (χ0) is 11.5. The fraction of sp³-hybridized carbons (Fsp3) is 0.417. The number of benzene rings is 1. The molecule has 1 fully saturated rings. The molecule has 16 heavy (non-hydrogen) atoms. The quantitative estimate of drug-likeness (QED) is 0.619. The van der Waals surface area contributed by atoms with E-state index in [0.29, 0.717) is 5.69 Å². The maximum Gasteiger partial charge on any atom is 0.341 e. The van der Waals surface area contributed by atoms with Gasteiger partial charge >= 0.3 is 5.97 Å². The standard InChI is InChI=1S/C12H14FNO2/c13-11-7-8(14)5-6-10(11)12(15)16-9-3-1-2-4-9/h5-7,9H,1-4,14H2. The van der Waals surface area contributed by atoms with Gasteiger partial charge in [-0.1, -0.05) is 0 Å². The molecular formula is C12H14FNO2. The van der Waals surface area contributed by atoms with Crippen molar-refractivity contribution in [3.8, 4) is 0 Å². The smallest absolute Gasteiger partial charge is 0.341 e. The van der Waals surface area contributed by atoms with Gasteiger partial charge < -0.3 is 10.5 Å². The molecule has 3 nitrogen and oxygen atoms in total. The van der Waals surface area contributed by atoms with Crippen LogP contribution in [0.2, 0.25) is 0 Å². The molecule has 1 aromatic carbocycles. The van der Waals surface area contributed by atoms with Crippen LogP contribution in [0.3, 0.4) is 0 Å². The summed E-state index contributed by atoms with van der Waals surface area (Å²) in [6.07, 6.45) is 3.85. The first-order chi connectivity index (χ1) is 7.66. The highest BCUT2D eigenvalue weighted by Gasteiger charge is 2.21. The summed E-state index contributed by atoms with van der Waals surface area (Å²) in [6.45, 7) is 0. The van der Waals surface area contributed by atoms with Crippen LogP contribution in [-0.4, -0.2) is 12.1 Å². The van der Waals surface area contributed by atoms with Crippen LogP contribution in [0.1, 0.15) is 36.0 Å². The minimum Gasteiger partial charge on any atom is -0.459 e. The number of ether oxygens (including phenoxy) is 1. The molecule has 2 N–H and O–H groups in total. The van der Waals surface area contributed by atoms with Gasteiger partial charge in [0.25, 0.3) is 0 Å². The van der Waals surface area contributed by atoms with Crippen molar-refractivity contribution in [3.63, 3.8) is 0 Å². The predicted octanol–water partition coefficient (Wildman–Crippen LogP) is 2.51. The van der Waals surface area contributed by atoms with Gasteiger partial charge in [0.15, 0.2) is 0 Å². The lowest BCUT2D eigenvalue weighted by Crippen LogP contribution is -2.16. The number of esters is 1. The Kier molecular flexibility index (Phi) is 3.08. The molecule has 0 unspecified atom stereocenters. The predicted molar refractivity (Wildman–Crippen MR) is 58.5 cm³/mol. The van der Waals surface area contributed by atoms with Crippen LogP contribution >= 0.6 is 0 Å². The number of anilines is 1. The van der Waals surface area contributed by atoms with Crippen molar-refractivity contribution in [1.82, 2.24) is 0 Å². The van der Waals surface area contributed by atoms with Gasteiger partial charge in [-0.25, -0.2) is 9.18 Å². The monoisotopic (exact) mass is 223 g/mol. The van der Waals surface area contributed by atoms with E-state index in [1.165, 1.54) is 12.1 Å². The Morgan fingerprint density at radius 1 is 1.38 bits per heavy atom. The molecule has 1 aliphatic rings.